The molecule has 1 aromatic carbocycles. The number of carbonyl (C=O) groups excluding carboxylic acids is 1. The molecule has 1 saturated carbocycles. The van der Waals surface area contributed by atoms with E-state index in [2.05, 4.69) is 22.4 Å². The number of hydrogen-bond acceptors (Lipinski definition) is 2. The Morgan fingerprint density at radius 1 is 1.30 bits per heavy atom. The van der Waals surface area contributed by atoms with Crippen LogP contribution in [-0.4, -0.2) is 16.6 Å². The number of aliphatic imine (C=N–C) groups is 1. The summed E-state index contributed by atoms with van der Waals surface area (Å²) in [4.78, 5) is 17.1. The lowest BCUT2D eigenvalue weighted by Gasteiger charge is -2.45. The topological polar surface area (TPSA) is 41.5 Å². The summed E-state index contributed by atoms with van der Waals surface area (Å²) in [5.41, 5.74) is 1.47. The van der Waals surface area contributed by atoms with Crippen LogP contribution in [0.15, 0.2) is 35.3 Å². The van der Waals surface area contributed by atoms with Crippen LogP contribution in [0.4, 0.5) is 0 Å². The summed E-state index contributed by atoms with van der Waals surface area (Å²) >= 11 is 5.24. The van der Waals surface area contributed by atoms with Crippen LogP contribution in [0.5, 0.6) is 0 Å². The van der Waals surface area contributed by atoms with E-state index in [1.165, 1.54) is 0 Å². The zero-order chi connectivity index (χ0) is 14.2. The van der Waals surface area contributed by atoms with Crippen molar-refractivity contribution in [3.8, 4) is 0 Å². The Hall–Kier alpha value is -1.55. The summed E-state index contributed by atoms with van der Waals surface area (Å²) in [5, 5.41) is 3.76. The quantitative estimate of drug-likeness (QED) is 0.806. The molecular formula is C16H18N2OS. The lowest BCUT2D eigenvalue weighted by molar-refractivity contribution is -0.128. The summed E-state index contributed by atoms with van der Waals surface area (Å²) < 4.78 is 0. The van der Waals surface area contributed by atoms with Crippen LogP contribution in [0.1, 0.15) is 44.2 Å². The number of rotatable bonds is 1. The third kappa shape index (κ3) is 1.99. The van der Waals surface area contributed by atoms with Gasteiger partial charge in [-0.15, -0.1) is 0 Å². The number of nitrogens with zero attached hydrogens (tertiary/aromatic N) is 1. The molecule has 0 bridgehead atoms. The Morgan fingerprint density at radius 3 is 2.75 bits per heavy atom. The van der Waals surface area contributed by atoms with Crippen molar-refractivity contribution in [2.45, 2.75) is 38.6 Å². The molecule has 3 rings (SSSR count). The molecule has 1 N–H and O–H groups in total. The van der Waals surface area contributed by atoms with Gasteiger partial charge in [0, 0.05) is 12.1 Å². The van der Waals surface area contributed by atoms with E-state index < -0.39 is 5.41 Å². The summed E-state index contributed by atoms with van der Waals surface area (Å²) in [6.45, 7) is 1.95. The molecule has 2 unspecified atom stereocenters. The fraction of sp³-hybridized carbons (Fsp3) is 0.438. The standard InChI is InChI=1S/C16H18N2OS/c1-11-16(10-6-5-9-13(16)19)14(18-15(20)17-11)12-7-3-2-4-8-12/h2-4,7-8,14H,5-6,9-10H2,1H3,(H,18,20). The van der Waals surface area contributed by atoms with Gasteiger partial charge in [0.05, 0.1) is 11.5 Å². The van der Waals surface area contributed by atoms with E-state index in [-0.39, 0.29) is 6.04 Å². The molecule has 1 spiro atoms. The van der Waals surface area contributed by atoms with Gasteiger partial charge in [-0.2, -0.15) is 0 Å². The van der Waals surface area contributed by atoms with Gasteiger partial charge in [0.15, 0.2) is 5.11 Å². The smallest absolute Gasteiger partial charge is 0.193 e. The van der Waals surface area contributed by atoms with Gasteiger partial charge in [-0.3, -0.25) is 4.79 Å². The molecule has 1 fully saturated rings. The minimum Gasteiger partial charge on any atom is -0.353 e. The molecule has 1 aliphatic carbocycles. The average Bonchev–Trinajstić information content (AvgIpc) is 2.46. The summed E-state index contributed by atoms with van der Waals surface area (Å²) in [7, 11) is 0. The lowest BCUT2D eigenvalue weighted by Crippen LogP contribution is -2.54. The largest absolute Gasteiger partial charge is 0.353 e. The number of carbonyl (C=O) groups is 1. The summed E-state index contributed by atoms with van der Waals surface area (Å²) in [6, 6.07) is 10.0. The highest BCUT2D eigenvalue weighted by Crippen LogP contribution is 2.46. The van der Waals surface area contributed by atoms with Crippen LogP contribution in [-0.2, 0) is 4.79 Å². The Kier molecular flexibility index (Phi) is 3.42. The van der Waals surface area contributed by atoms with Crippen molar-refractivity contribution in [1.82, 2.24) is 5.32 Å². The highest BCUT2D eigenvalue weighted by Gasteiger charge is 2.51. The summed E-state index contributed by atoms with van der Waals surface area (Å²) in [5.74, 6) is 0.300. The van der Waals surface area contributed by atoms with Crippen molar-refractivity contribution in [2.75, 3.05) is 0 Å². The van der Waals surface area contributed by atoms with E-state index in [1.54, 1.807) is 0 Å². The molecular weight excluding hydrogens is 268 g/mol. The van der Waals surface area contributed by atoms with Gasteiger partial charge in [0.1, 0.15) is 5.78 Å². The monoisotopic (exact) mass is 286 g/mol. The predicted octanol–water partition coefficient (Wildman–Crippen LogP) is 3.21. The van der Waals surface area contributed by atoms with Crippen molar-refractivity contribution in [3.05, 3.63) is 35.9 Å². The Balaban J connectivity index is 2.13. The molecule has 0 aromatic heterocycles. The molecule has 4 heteroatoms. The predicted molar refractivity (Wildman–Crippen MR) is 83.9 cm³/mol. The molecule has 20 heavy (non-hydrogen) atoms. The van der Waals surface area contributed by atoms with E-state index in [1.807, 2.05) is 25.1 Å². The molecule has 104 valence electrons. The fourth-order valence-electron chi connectivity index (χ4n) is 3.49. The van der Waals surface area contributed by atoms with Gasteiger partial charge in [0.25, 0.3) is 0 Å². The molecule has 2 aliphatic rings. The van der Waals surface area contributed by atoms with Gasteiger partial charge in [-0.05, 0) is 37.5 Å². The first-order valence-electron chi connectivity index (χ1n) is 7.09. The zero-order valence-corrected chi connectivity index (χ0v) is 12.4. The Morgan fingerprint density at radius 2 is 2.05 bits per heavy atom. The Bertz CT molecular complexity index is 581. The van der Waals surface area contributed by atoms with Crippen LogP contribution >= 0.6 is 12.2 Å². The minimum atomic E-state index is -0.512. The van der Waals surface area contributed by atoms with E-state index >= 15 is 0 Å². The third-order valence-corrected chi connectivity index (χ3v) is 4.74. The maximum absolute atomic E-state index is 12.7. The van der Waals surface area contributed by atoms with Gasteiger partial charge in [0.2, 0.25) is 0 Å². The lowest BCUT2D eigenvalue weighted by atomic mass is 9.63. The van der Waals surface area contributed by atoms with Crippen LogP contribution in [0.3, 0.4) is 0 Å². The normalized spacial score (nSPS) is 30.1. The van der Waals surface area contributed by atoms with Crippen molar-refractivity contribution < 1.29 is 4.79 Å². The number of thiocarbonyl (C=S) groups is 1. The fourth-order valence-corrected chi connectivity index (χ4v) is 3.75. The van der Waals surface area contributed by atoms with Gasteiger partial charge in [-0.1, -0.05) is 36.8 Å². The molecule has 1 heterocycles. The third-order valence-electron chi connectivity index (χ3n) is 4.53. The molecule has 0 amide bonds. The van der Waals surface area contributed by atoms with Crippen molar-refractivity contribution in [2.24, 2.45) is 10.4 Å². The molecule has 1 aromatic rings. The van der Waals surface area contributed by atoms with Gasteiger partial charge < -0.3 is 5.32 Å². The first-order valence-corrected chi connectivity index (χ1v) is 7.50. The number of ketones is 1. The highest BCUT2D eigenvalue weighted by molar-refractivity contribution is 7.80. The molecule has 1 aliphatic heterocycles. The van der Waals surface area contributed by atoms with E-state index in [4.69, 9.17) is 12.2 Å². The van der Waals surface area contributed by atoms with Crippen LogP contribution < -0.4 is 5.32 Å². The maximum Gasteiger partial charge on any atom is 0.193 e. The van der Waals surface area contributed by atoms with Crippen molar-refractivity contribution in [3.63, 3.8) is 0 Å². The SMILES string of the molecule is CC1=NC(=S)NC(c2ccccc2)C12CCCCC2=O. The summed E-state index contributed by atoms with van der Waals surface area (Å²) in [6.07, 6.45) is 3.55. The zero-order valence-electron chi connectivity index (χ0n) is 11.6. The van der Waals surface area contributed by atoms with Crippen LogP contribution in [0, 0.1) is 5.41 Å². The first-order chi connectivity index (χ1) is 9.64. The number of Topliss-reactive ketones (excluding diaryl/α,β-unsaturated/α-hetero) is 1. The van der Waals surface area contributed by atoms with Gasteiger partial charge >= 0.3 is 0 Å². The minimum absolute atomic E-state index is 0.0819. The second-order valence-electron chi connectivity index (χ2n) is 5.59. The maximum atomic E-state index is 12.7. The van der Waals surface area contributed by atoms with Crippen LogP contribution in [0.2, 0.25) is 0 Å². The van der Waals surface area contributed by atoms with E-state index in [0.29, 0.717) is 17.3 Å². The second-order valence-corrected chi connectivity index (χ2v) is 5.98. The van der Waals surface area contributed by atoms with E-state index in [9.17, 15) is 4.79 Å². The average molecular weight is 286 g/mol. The van der Waals surface area contributed by atoms with E-state index in [0.717, 1.165) is 30.5 Å². The van der Waals surface area contributed by atoms with Crippen LogP contribution in [0.25, 0.3) is 0 Å². The second kappa shape index (κ2) is 5.09. The molecule has 0 radical (unpaired) electrons. The number of benzene rings is 1. The van der Waals surface area contributed by atoms with Crippen molar-refractivity contribution >= 4 is 28.8 Å². The van der Waals surface area contributed by atoms with Gasteiger partial charge in [-0.25, -0.2) is 4.99 Å². The molecule has 3 nitrogen and oxygen atoms in total. The molecule has 0 saturated heterocycles. The number of hydrogen-bond donors (Lipinski definition) is 1. The number of nitrogens with one attached hydrogen (secondary N) is 1. The molecule has 2 atom stereocenters. The Labute approximate surface area is 124 Å². The highest BCUT2D eigenvalue weighted by atomic mass is 32.1. The first kappa shape index (κ1) is 13.4. The van der Waals surface area contributed by atoms with Crippen molar-refractivity contribution in [1.29, 1.82) is 0 Å².